The van der Waals surface area contributed by atoms with Crippen molar-refractivity contribution in [1.29, 1.82) is 0 Å². The number of rotatable bonds is 7. The van der Waals surface area contributed by atoms with Gasteiger partial charge in [0.05, 0.1) is 12.3 Å². The molecule has 1 fully saturated rings. The fourth-order valence-electron chi connectivity index (χ4n) is 3.48. The number of anilines is 1. The molecule has 1 heterocycles. The number of hydrogen-bond donors (Lipinski definition) is 1. The van der Waals surface area contributed by atoms with Crippen molar-refractivity contribution in [3.05, 3.63) is 65.0 Å². The van der Waals surface area contributed by atoms with E-state index in [0.717, 1.165) is 22.4 Å². The van der Waals surface area contributed by atoms with Crippen LogP contribution in [0.4, 0.5) is 10.1 Å². The summed E-state index contributed by atoms with van der Waals surface area (Å²) in [7, 11) is 0. The topological polar surface area (TPSA) is 52.7 Å². The summed E-state index contributed by atoms with van der Waals surface area (Å²) in [6, 6.07) is 12.3. The molecule has 0 spiro atoms. The number of carbonyl (C=O) groups is 2. The summed E-state index contributed by atoms with van der Waals surface area (Å²) in [5, 5.41) is 3.02. The minimum absolute atomic E-state index is 0.0259. The molecular formula is C23H28FN3O2S. The Morgan fingerprint density at radius 2 is 1.63 bits per heavy atom. The second-order valence-electron chi connectivity index (χ2n) is 7.59. The zero-order valence-electron chi connectivity index (χ0n) is 17.5. The van der Waals surface area contributed by atoms with Crippen LogP contribution in [0.1, 0.15) is 16.7 Å². The van der Waals surface area contributed by atoms with E-state index in [1.165, 1.54) is 23.9 Å². The molecule has 5 nitrogen and oxygen atoms in total. The van der Waals surface area contributed by atoms with Gasteiger partial charge in [0.2, 0.25) is 11.8 Å². The van der Waals surface area contributed by atoms with E-state index in [1.807, 2.05) is 36.9 Å². The Bertz CT molecular complexity index is 860. The zero-order valence-corrected chi connectivity index (χ0v) is 18.3. The first-order valence-corrected chi connectivity index (χ1v) is 11.3. The normalized spacial score (nSPS) is 14.6. The maximum atomic E-state index is 12.9. The van der Waals surface area contributed by atoms with E-state index in [-0.39, 0.29) is 17.6 Å². The fourth-order valence-corrected chi connectivity index (χ4v) is 4.36. The smallest absolute Gasteiger partial charge is 0.238 e. The second kappa shape index (κ2) is 10.6. The molecular weight excluding hydrogens is 401 g/mol. The van der Waals surface area contributed by atoms with Gasteiger partial charge in [0.25, 0.3) is 0 Å². The van der Waals surface area contributed by atoms with Crippen molar-refractivity contribution in [1.82, 2.24) is 9.80 Å². The number of amides is 2. The van der Waals surface area contributed by atoms with Crippen molar-refractivity contribution < 1.29 is 14.0 Å². The largest absolute Gasteiger partial charge is 0.339 e. The second-order valence-corrected chi connectivity index (χ2v) is 8.58. The summed E-state index contributed by atoms with van der Waals surface area (Å²) in [6.07, 6.45) is 0. The van der Waals surface area contributed by atoms with Crippen LogP contribution in [0.3, 0.4) is 0 Å². The monoisotopic (exact) mass is 429 g/mol. The lowest BCUT2D eigenvalue weighted by Crippen LogP contribution is -2.50. The molecule has 1 N–H and O–H groups in total. The van der Waals surface area contributed by atoms with Crippen molar-refractivity contribution in [2.24, 2.45) is 0 Å². The molecule has 1 aliphatic heterocycles. The van der Waals surface area contributed by atoms with Crippen LogP contribution in [0.5, 0.6) is 0 Å². The summed E-state index contributed by atoms with van der Waals surface area (Å²) in [5.74, 6) is 0.929. The highest BCUT2D eigenvalue weighted by Gasteiger charge is 2.22. The highest BCUT2D eigenvalue weighted by Crippen LogP contribution is 2.19. The van der Waals surface area contributed by atoms with Gasteiger partial charge < -0.3 is 10.2 Å². The van der Waals surface area contributed by atoms with Crippen LogP contribution in [-0.2, 0) is 15.3 Å². The van der Waals surface area contributed by atoms with Gasteiger partial charge in [-0.1, -0.05) is 30.3 Å². The molecule has 0 saturated carbocycles. The Morgan fingerprint density at radius 1 is 1.00 bits per heavy atom. The Kier molecular flexibility index (Phi) is 7.87. The molecule has 0 atom stereocenters. The third kappa shape index (κ3) is 6.31. The number of benzene rings is 2. The number of thioether (sulfide) groups is 1. The van der Waals surface area contributed by atoms with Gasteiger partial charge in [0.1, 0.15) is 5.82 Å². The minimum Gasteiger partial charge on any atom is -0.339 e. The van der Waals surface area contributed by atoms with Crippen LogP contribution in [0.2, 0.25) is 0 Å². The molecule has 1 saturated heterocycles. The first-order chi connectivity index (χ1) is 14.4. The maximum absolute atomic E-state index is 12.9. The summed E-state index contributed by atoms with van der Waals surface area (Å²) in [4.78, 5) is 28.8. The van der Waals surface area contributed by atoms with Crippen LogP contribution >= 0.6 is 11.8 Å². The molecule has 3 rings (SSSR count). The van der Waals surface area contributed by atoms with Gasteiger partial charge in [-0.15, -0.1) is 11.8 Å². The number of carbonyl (C=O) groups excluding carboxylic acids is 2. The molecule has 2 amide bonds. The number of para-hydroxylation sites is 1. The van der Waals surface area contributed by atoms with Crippen LogP contribution in [0.25, 0.3) is 0 Å². The van der Waals surface area contributed by atoms with Crippen LogP contribution in [0, 0.1) is 19.7 Å². The first kappa shape index (κ1) is 22.3. The first-order valence-electron chi connectivity index (χ1n) is 10.1. The molecule has 0 bridgehead atoms. The molecule has 7 heteroatoms. The van der Waals surface area contributed by atoms with Crippen molar-refractivity contribution in [3.8, 4) is 0 Å². The number of aryl methyl sites for hydroxylation is 2. The molecule has 160 valence electrons. The Hall–Kier alpha value is -2.38. The van der Waals surface area contributed by atoms with Gasteiger partial charge in [0.15, 0.2) is 0 Å². The number of nitrogens with zero attached hydrogens (tertiary/aromatic N) is 2. The zero-order chi connectivity index (χ0) is 21.5. The third-order valence-electron chi connectivity index (χ3n) is 5.25. The molecule has 2 aromatic rings. The predicted octanol–water partition coefficient (Wildman–Crippen LogP) is 3.46. The van der Waals surface area contributed by atoms with Crippen molar-refractivity contribution >= 4 is 29.3 Å². The van der Waals surface area contributed by atoms with Gasteiger partial charge >= 0.3 is 0 Å². The van der Waals surface area contributed by atoms with Gasteiger partial charge in [-0.05, 0) is 42.7 Å². The lowest BCUT2D eigenvalue weighted by molar-refractivity contribution is -0.130. The molecule has 0 unspecified atom stereocenters. The van der Waals surface area contributed by atoms with E-state index in [9.17, 15) is 14.0 Å². The van der Waals surface area contributed by atoms with E-state index >= 15 is 0 Å². The van der Waals surface area contributed by atoms with E-state index < -0.39 is 0 Å². The van der Waals surface area contributed by atoms with E-state index in [1.54, 1.807) is 12.1 Å². The fraction of sp³-hybridized carbons (Fsp3) is 0.391. The van der Waals surface area contributed by atoms with E-state index in [4.69, 9.17) is 0 Å². The molecule has 1 aliphatic rings. The number of piperazine rings is 1. The van der Waals surface area contributed by atoms with E-state index in [2.05, 4.69) is 10.2 Å². The number of nitrogens with one attached hydrogen (secondary N) is 1. The lowest BCUT2D eigenvalue weighted by Gasteiger charge is -2.34. The molecule has 0 radical (unpaired) electrons. The van der Waals surface area contributed by atoms with Crippen molar-refractivity contribution in [2.75, 3.05) is 43.8 Å². The Labute approximate surface area is 181 Å². The summed E-state index contributed by atoms with van der Waals surface area (Å²) >= 11 is 1.54. The maximum Gasteiger partial charge on any atom is 0.238 e. The average Bonchev–Trinajstić information content (AvgIpc) is 2.73. The Balaban J connectivity index is 1.38. The van der Waals surface area contributed by atoms with E-state index in [0.29, 0.717) is 44.2 Å². The Morgan fingerprint density at radius 3 is 2.27 bits per heavy atom. The highest BCUT2D eigenvalue weighted by molar-refractivity contribution is 7.99. The molecule has 2 aromatic carbocycles. The summed E-state index contributed by atoms with van der Waals surface area (Å²) in [6.45, 7) is 6.94. The van der Waals surface area contributed by atoms with Gasteiger partial charge in [-0.2, -0.15) is 0 Å². The van der Waals surface area contributed by atoms with Gasteiger partial charge in [0, 0.05) is 37.6 Å². The third-order valence-corrected chi connectivity index (χ3v) is 6.23. The SMILES string of the molecule is Cc1cccc(C)c1NC(=O)CN1CCN(C(=O)CSCc2ccc(F)cc2)CC1. The molecule has 0 aliphatic carbocycles. The number of halogens is 1. The number of hydrogen-bond acceptors (Lipinski definition) is 4. The molecule has 0 aromatic heterocycles. The lowest BCUT2D eigenvalue weighted by atomic mass is 10.1. The highest BCUT2D eigenvalue weighted by atomic mass is 32.2. The quantitative estimate of drug-likeness (QED) is 0.732. The average molecular weight is 430 g/mol. The predicted molar refractivity (Wildman–Crippen MR) is 120 cm³/mol. The summed E-state index contributed by atoms with van der Waals surface area (Å²) in [5.41, 5.74) is 4.00. The van der Waals surface area contributed by atoms with Crippen LogP contribution in [0.15, 0.2) is 42.5 Å². The van der Waals surface area contributed by atoms with Crippen molar-refractivity contribution in [3.63, 3.8) is 0 Å². The van der Waals surface area contributed by atoms with Crippen LogP contribution < -0.4 is 5.32 Å². The minimum atomic E-state index is -0.250. The van der Waals surface area contributed by atoms with Crippen LogP contribution in [-0.4, -0.2) is 60.1 Å². The van der Waals surface area contributed by atoms with Crippen molar-refractivity contribution in [2.45, 2.75) is 19.6 Å². The summed E-state index contributed by atoms with van der Waals surface area (Å²) < 4.78 is 12.9. The van der Waals surface area contributed by atoms with Gasteiger partial charge in [-0.3, -0.25) is 14.5 Å². The van der Waals surface area contributed by atoms with Gasteiger partial charge in [-0.25, -0.2) is 4.39 Å². The molecule has 30 heavy (non-hydrogen) atoms. The standard InChI is InChI=1S/C23H28FN3O2S/c1-17-4-3-5-18(2)23(17)25-21(28)14-26-10-12-27(13-11-26)22(29)16-30-15-19-6-8-20(24)9-7-19/h3-9H,10-16H2,1-2H3,(H,25,28).